The zero-order chi connectivity index (χ0) is 23.4. The van der Waals surface area contributed by atoms with E-state index in [-0.39, 0.29) is 18.4 Å². The number of carbonyl (C=O) groups excluding carboxylic acids is 2. The van der Waals surface area contributed by atoms with Gasteiger partial charge in [-0.25, -0.2) is 0 Å². The predicted molar refractivity (Wildman–Crippen MR) is 134 cm³/mol. The number of hydrogen-bond acceptors (Lipinski definition) is 4. The highest BCUT2D eigenvalue weighted by atomic mass is 32.1. The van der Waals surface area contributed by atoms with Gasteiger partial charge in [-0.3, -0.25) is 14.9 Å². The van der Waals surface area contributed by atoms with Crippen LogP contribution in [0.2, 0.25) is 0 Å². The van der Waals surface area contributed by atoms with Gasteiger partial charge < -0.3 is 14.2 Å². The Bertz CT molecular complexity index is 1650. The van der Waals surface area contributed by atoms with Crippen molar-refractivity contribution in [1.29, 1.82) is 0 Å². The molecule has 6 rings (SSSR count). The highest BCUT2D eigenvalue weighted by Gasteiger charge is 2.35. The molecule has 0 unspecified atom stereocenters. The minimum Gasteiger partial charge on any atom is -0.391 e. The number of nitrogens with one attached hydrogen (secondary N) is 1. The minimum absolute atomic E-state index is 0.0197. The van der Waals surface area contributed by atoms with E-state index < -0.39 is 0 Å². The first-order chi connectivity index (χ1) is 16.5. The van der Waals surface area contributed by atoms with Crippen LogP contribution < -0.4 is 5.32 Å². The van der Waals surface area contributed by atoms with Gasteiger partial charge in [-0.2, -0.15) is 0 Å². The Balaban J connectivity index is 1.58. The summed E-state index contributed by atoms with van der Waals surface area (Å²) in [7, 11) is 1.94. The number of benzene rings is 2. The molecule has 7 heteroatoms. The summed E-state index contributed by atoms with van der Waals surface area (Å²) in [5, 5.41) is 13.8. The van der Waals surface area contributed by atoms with Gasteiger partial charge in [0.1, 0.15) is 0 Å². The van der Waals surface area contributed by atoms with Crippen LogP contribution in [0.3, 0.4) is 0 Å². The largest absolute Gasteiger partial charge is 0.391 e. The number of aryl methyl sites for hydroxylation is 1. The molecule has 0 bridgehead atoms. The number of aliphatic hydroxyl groups excluding tert-OH is 1. The van der Waals surface area contributed by atoms with Crippen LogP contribution in [-0.4, -0.2) is 26.1 Å². The molecule has 0 spiro atoms. The molecule has 0 aliphatic carbocycles. The van der Waals surface area contributed by atoms with E-state index in [4.69, 9.17) is 0 Å². The number of aliphatic hydroxyl groups is 1. The second kappa shape index (κ2) is 7.83. The number of hydrogen-bond donors (Lipinski definition) is 2. The summed E-state index contributed by atoms with van der Waals surface area (Å²) >= 11 is 1.56. The fraction of sp³-hybridized carbons (Fsp3) is 0.111. The van der Waals surface area contributed by atoms with Crippen LogP contribution in [0.25, 0.3) is 33.0 Å². The van der Waals surface area contributed by atoms with E-state index in [9.17, 15) is 14.7 Å². The molecule has 0 fully saturated rings. The molecule has 5 aromatic rings. The lowest BCUT2D eigenvalue weighted by Crippen LogP contribution is -2.22. The molecule has 3 aromatic heterocycles. The summed E-state index contributed by atoms with van der Waals surface area (Å²) < 4.78 is 4.08. The first-order valence-corrected chi connectivity index (χ1v) is 11.8. The average Bonchev–Trinajstić information content (AvgIpc) is 3.59. The number of imide groups is 1. The molecule has 4 heterocycles. The Morgan fingerprint density at radius 3 is 2.06 bits per heavy atom. The van der Waals surface area contributed by atoms with E-state index >= 15 is 0 Å². The molecular formula is C27H21N3O3S. The van der Waals surface area contributed by atoms with Crippen molar-refractivity contribution >= 4 is 56.1 Å². The Hall–Kier alpha value is -3.94. The molecule has 34 heavy (non-hydrogen) atoms. The Labute approximate surface area is 199 Å². The van der Waals surface area contributed by atoms with E-state index in [0.717, 1.165) is 42.7 Å². The Morgan fingerprint density at radius 1 is 0.794 bits per heavy atom. The number of nitrogens with zero attached hydrogens (tertiary/aromatic N) is 2. The van der Waals surface area contributed by atoms with E-state index in [1.807, 2.05) is 84.7 Å². The number of rotatable bonds is 5. The maximum Gasteiger partial charge on any atom is 0.259 e. The smallest absolute Gasteiger partial charge is 0.259 e. The van der Waals surface area contributed by atoms with Gasteiger partial charge in [-0.1, -0.05) is 36.4 Å². The van der Waals surface area contributed by atoms with Gasteiger partial charge in [0, 0.05) is 62.1 Å². The molecule has 2 N–H and O–H groups in total. The second-order valence-electron chi connectivity index (χ2n) is 8.42. The topological polar surface area (TPSA) is 76.3 Å². The van der Waals surface area contributed by atoms with Crippen molar-refractivity contribution in [2.45, 2.75) is 13.2 Å². The molecule has 1 aliphatic heterocycles. The summed E-state index contributed by atoms with van der Waals surface area (Å²) in [5.41, 5.74) is 4.27. The van der Waals surface area contributed by atoms with Gasteiger partial charge in [0.15, 0.2) is 0 Å². The van der Waals surface area contributed by atoms with Crippen LogP contribution >= 0.6 is 11.3 Å². The summed E-state index contributed by atoms with van der Waals surface area (Å²) in [4.78, 5) is 28.2. The molecule has 1 aliphatic rings. The van der Waals surface area contributed by atoms with Crippen LogP contribution in [0.1, 0.15) is 20.9 Å². The van der Waals surface area contributed by atoms with Crippen LogP contribution in [0, 0.1) is 0 Å². The van der Waals surface area contributed by atoms with Crippen LogP contribution in [0.5, 0.6) is 0 Å². The highest BCUT2D eigenvalue weighted by Crippen LogP contribution is 2.39. The molecule has 0 atom stereocenters. The van der Waals surface area contributed by atoms with Crippen LogP contribution in [0.4, 0.5) is 0 Å². The molecule has 0 saturated carbocycles. The summed E-state index contributed by atoms with van der Waals surface area (Å²) in [6.45, 7) is 0.629. The Morgan fingerprint density at radius 2 is 1.38 bits per heavy atom. The lowest BCUT2D eigenvalue weighted by atomic mass is 9.95. The van der Waals surface area contributed by atoms with Gasteiger partial charge in [-0.05, 0) is 24.3 Å². The molecule has 0 radical (unpaired) electrons. The van der Waals surface area contributed by atoms with Gasteiger partial charge in [0.25, 0.3) is 11.8 Å². The SMILES string of the molecule is Cn1cc(C2=C(c3cn(Cc4ccc(CO)s4)c4ccccc34)C(=O)NC2=O)c2ccccc21. The zero-order valence-electron chi connectivity index (χ0n) is 18.4. The number of fused-ring (bicyclic) bond motifs is 2. The summed E-state index contributed by atoms with van der Waals surface area (Å²) in [6, 6.07) is 19.7. The highest BCUT2D eigenvalue weighted by molar-refractivity contribution is 7.11. The average molecular weight is 468 g/mol. The fourth-order valence-corrected chi connectivity index (χ4v) is 5.72. The second-order valence-corrected chi connectivity index (χ2v) is 9.67. The monoisotopic (exact) mass is 467 g/mol. The van der Waals surface area contributed by atoms with Crippen molar-refractivity contribution in [1.82, 2.24) is 14.5 Å². The van der Waals surface area contributed by atoms with Crippen molar-refractivity contribution in [3.8, 4) is 0 Å². The van der Waals surface area contributed by atoms with Crippen molar-refractivity contribution in [2.75, 3.05) is 0 Å². The quantitative estimate of drug-likeness (QED) is 0.379. The first-order valence-electron chi connectivity index (χ1n) is 11.0. The van der Waals surface area contributed by atoms with Gasteiger partial charge in [0.2, 0.25) is 0 Å². The molecule has 2 amide bonds. The number of carbonyl (C=O) groups is 2. The fourth-order valence-electron chi connectivity index (χ4n) is 4.85. The molecule has 0 saturated heterocycles. The van der Waals surface area contributed by atoms with E-state index in [1.54, 1.807) is 11.3 Å². The van der Waals surface area contributed by atoms with Gasteiger partial charge in [-0.15, -0.1) is 11.3 Å². The van der Waals surface area contributed by atoms with Crippen molar-refractivity contribution in [3.05, 3.63) is 93.9 Å². The van der Waals surface area contributed by atoms with Crippen molar-refractivity contribution < 1.29 is 14.7 Å². The zero-order valence-corrected chi connectivity index (χ0v) is 19.2. The van der Waals surface area contributed by atoms with Crippen molar-refractivity contribution in [3.63, 3.8) is 0 Å². The molecule has 168 valence electrons. The lowest BCUT2D eigenvalue weighted by Gasteiger charge is -2.03. The van der Waals surface area contributed by atoms with Gasteiger partial charge in [0.05, 0.1) is 24.3 Å². The molecule has 6 nitrogen and oxygen atoms in total. The number of thiophene rings is 1. The van der Waals surface area contributed by atoms with Crippen LogP contribution in [-0.2, 0) is 29.8 Å². The maximum atomic E-state index is 13.1. The third-order valence-corrected chi connectivity index (χ3v) is 7.41. The predicted octanol–water partition coefficient (Wildman–Crippen LogP) is 4.30. The molecular weight excluding hydrogens is 446 g/mol. The van der Waals surface area contributed by atoms with Crippen LogP contribution in [0.15, 0.2) is 73.1 Å². The van der Waals surface area contributed by atoms with Crippen molar-refractivity contribution in [2.24, 2.45) is 7.05 Å². The number of amides is 2. The number of aromatic nitrogens is 2. The normalized spacial score (nSPS) is 14.1. The lowest BCUT2D eigenvalue weighted by molar-refractivity contribution is -0.122. The van der Waals surface area contributed by atoms with E-state index in [0.29, 0.717) is 17.7 Å². The third-order valence-electron chi connectivity index (χ3n) is 6.35. The summed E-state index contributed by atoms with van der Waals surface area (Å²) in [5.74, 6) is -0.756. The number of para-hydroxylation sites is 2. The van der Waals surface area contributed by atoms with E-state index in [2.05, 4.69) is 9.88 Å². The van der Waals surface area contributed by atoms with Gasteiger partial charge >= 0.3 is 0 Å². The first kappa shape index (κ1) is 20.7. The van der Waals surface area contributed by atoms with E-state index in [1.165, 1.54) is 0 Å². The summed E-state index contributed by atoms with van der Waals surface area (Å²) in [6.07, 6.45) is 3.88. The standard InChI is InChI=1S/C27H21N3O3S/c1-29-13-20(18-6-2-4-8-22(18)29)24-25(27(33)28-26(24)32)21-14-30(23-9-5-3-7-19(21)23)12-16-10-11-17(15-31)34-16/h2-11,13-14,31H,12,15H2,1H3,(H,28,32,33). The maximum absolute atomic E-state index is 13.1. The minimum atomic E-state index is -0.380. The molecule has 2 aromatic carbocycles. The Kier molecular flexibility index (Phi) is 4.76. The third kappa shape index (κ3) is 3.13.